The topological polar surface area (TPSA) is 58.9 Å². The van der Waals surface area contributed by atoms with E-state index in [1.165, 1.54) is 27.5 Å². The van der Waals surface area contributed by atoms with Gasteiger partial charge in [-0.05, 0) is 28.5 Å². The molecule has 30 heavy (non-hydrogen) atoms. The Morgan fingerprint density at radius 2 is 1.60 bits per heavy atom. The maximum Gasteiger partial charge on any atom is 0.254 e. The first kappa shape index (κ1) is 20.6. The fourth-order valence-electron chi connectivity index (χ4n) is 4.15. The van der Waals surface area contributed by atoms with Crippen LogP contribution in [0.5, 0.6) is 0 Å². The fraction of sp³-hybridized carbons (Fsp3) is 0.292. The summed E-state index contributed by atoms with van der Waals surface area (Å²) in [5.74, 6) is 0.0163. The minimum absolute atomic E-state index is 0.00231. The van der Waals surface area contributed by atoms with Crippen LogP contribution in [-0.2, 0) is 22.1 Å². The van der Waals surface area contributed by atoms with Gasteiger partial charge in [-0.2, -0.15) is 0 Å². The van der Waals surface area contributed by atoms with Crippen LogP contribution in [0.25, 0.3) is 10.8 Å². The Kier molecular flexibility index (Phi) is 5.88. The third-order valence-electron chi connectivity index (χ3n) is 5.71. The Morgan fingerprint density at radius 1 is 0.933 bits per heavy atom. The molecule has 3 aromatic rings. The molecule has 0 spiro atoms. The Balaban J connectivity index is 1.36. The lowest BCUT2D eigenvalue weighted by Crippen LogP contribution is -3.13. The van der Waals surface area contributed by atoms with Crippen LogP contribution < -0.4 is 4.90 Å². The molecule has 0 saturated carbocycles. The Bertz CT molecular complexity index is 1140. The lowest BCUT2D eigenvalue weighted by molar-refractivity contribution is -0.917. The number of fused-ring (bicyclic) bond motifs is 1. The van der Waals surface area contributed by atoms with Gasteiger partial charge in [-0.3, -0.25) is 4.79 Å². The molecule has 3 aromatic carbocycles. The first-order valence-electron chi connectivity index (χ1n) is 10.3. The van der Waals surface area contributed by atoms with E-state index in [9.17, 15) is 13.2 Å². The number of amides is 1. The number of benzene rings is 3. The molecule has 1 heterocycles. The highest BCUT2D eigenvalue weighted by molar-refractivity contribution is 7.89. The van der Waals surface area contributed by atoms with Crippen molar-refractivity contribution in [3.63, 3.8) is 0 Å². The molecule has 0 aliphatic carbocycles. The van der Waals surface area contributed by atoms with E-state index in [2.05, 4.69) is 42.5 Å². The van der Waals surface area contributed by atoms with Crippen molar-refractivity contribution in [1.82, 2.24) is 4.90 Å². The zero-order valence-corrected chi connectivity index (χ0v) is 18.0. The zero-order chi connectivity index (χ0) is 21.1. The van der Waals surface area contributed by atoms with E-state index >= 15 is 0 Å². The van der Waals surface area contributed by atoms with Crippen LogP contribution in [0.15, 0.2) is 66.7 Å². The maximum absolute atomic E-state index is 12.8. The van der Waals surface area contributed by atoms with Crippen LogP contribution >= 0.6 is 0 Å². The summed E-state index contributed by atoms with van der Waals surface area (Å²) in [6.07, 6.45) is 1.21. The van der Waals surface area contributed by atoms with Gasteiger partial charge in [0.15, 0.2) is 9.84 Å². The highest BCUT2D eigenvalue weighted by Gasteiger charge is 2.25. The van der Waals surface area contributed by atoms with E-state index in [0.29, 0.717) is 11.1 Å². The molecule has 1 N–H and O–H groups in total. The molecule has 4 rings (SSSR count). The molecule has 156 valence electrons. The average Bonchev–Trinajstić information content (AvgIpc) is 2.73. The first-order chi connectivity index (χ1) is 14.4. The lowest BCUT2D eigenvalue weighted by Gasteiger charge is -2.32. The van der Waals surface area contributed by atoms with Crippen molar-refractivity contribution in [3.05, 3.63) is 83.4 Å². The van der Waals surface area contributed by atoms with Gasteiger partial charge in [0.25, 0.3) is 5.91 Å². The minimum Gasteiger partial charge on any atom is -0.328 e. The highest BCUT2D eigenvalue weighted by atomic mass is 32.2. The number of nitrogens with zero attached hydrogens (tertiary/aromatic N) is 1. The third-order valence-corrected chi connectivity index (χ3v) is 6.57. The number of sulfone groups is 1. The molecule has 6 heteroatoms. The van der Waals surface area contributed by atoms with E-state index in [-0.39, 0.29) is 11.7 Å². The standard InChI is InChI=1S/C24H26N2O3S/c1-30(28,29)18-19-9-11-21(12-10-19)24(27)26-15-13-25(14-16-26)17-22-7-4-6-20-5-2-3-8-23(20)22/h2-12H,13-18H2,1H3/p+1. The van der Waals surface area contributed by atoms with Crippen LogP contribution in [0, 0.1) is 0 Å². The Hall–Kier alpha value is -2.70. The van der Waals surface area contributed by atoms with Crippen LogP contribution in [0.4, 0.5) is 0 Å². The molecule has 0 unspecified atom stereocenters. The summed E-state index contributed by atoms with van der Waals surface area (Å²) in [5.41, 5.74) is 2.67. The van der Waals surface area contributed by atoms with Crippen molar-refractivity contribution in [3.8, 4) is 0 Å². The average molecular weight is 424 g/mol. The van der Waals surface area contributed by atoms with Gasteiger partial charge in [-0.1, -0.05) is 54.6 Å². The van der Waals surface area contributed by atoms with Crippen LogP contribution in [0.2, 0.25) is 0 Å². The van der Waals surface area contributed by atoms with Crippen molar-refractivity contribution in [2.45, 2.75) is 12.3 Å². The molecule has 0 radical (unpaired) electrons. The van der Waals surface area contributed by atoms with E-state index < -0.39 is 9.84 Å². The molecule has 5 nitrogen and oxygen atoms in total. The van der Waals surface area contributed by atoms with E-state index in [0.717, 1.165) is 32.7 Å². The van der Waals surface area contributed by atoms with Gasteiger partial charge in [0.05, 0.1) is 31.9 Å². The first-order valence-corrected chi connectivity index (χ1v) is 12.3. The van der Waals surface area contributed by atoms with E-state index in [4.69, 9.17) is 0 Å². The summed E-state index contributed by atoms with van der Waals surface area (Å²) in [4.78, 5) is 16.2. The molecule has 0 atom stereocenters. The number of nitrogens with one attached hydrogen (secondary N) is 1. The largest absolute Gasteiger partial charge is 0.328 e. The van der Waals surface area contributed by atoms with Gasteiger partial charge in [0.1, 0.15) is 6.54 Å². The van der Waals surface area contributed by atoms with Crippen molar-refractivity contribution >= 4 is 26.5 Å². The number of rotatable bonds is 5. The fourth-order valence-corrected chi connectivity index (χ4v) is 4.95. The van der Waals surface area contributed by atoms with Gasteiger partial charge < -0.3 is 9.80 Å². The molecule has 0 aromatic heterocycles. The number of piperazine rings is 1. The summed E-state index contributed by atoms with van der Waals surface area (Å²) in [5, 5.41) is 2.57. The predicted octanol–water partition coefficient (Wildman–Crippen LogP) is 1.93. The lowest BCUT2D eigenvalue weighted by atomic mass is 10.0. The van der Waals surface area contributed by atoms with Gasteiger partial charge >= 0.3 is 0 Å². The monoisotopic (exact) mass is 423 g/mol. The summed E-state index contributed by atoms with van der Waals surface area (Å²) in [6, 6.07) is 21.9. The van der Waals surface area contributed by atoms with Crippen molar-refractivity contribution in [2.75, 3.05) is 32.4 Å². The summed E-state index contributed by atoms with van der Waals surface area (Å²) >= 11 is 0. The van der Waals surface area contributed by atoms with Crippen LogP contribution in [0.3, 0.4) is 0 Å². The number of quaternary nitrogens is 1. The number of hydrogen-bond acceptors (Lipinski definition) is 3. The molecule has 1 amide bonds. The van der Waals surface area contributed by atoms with Crippen LogP contribution in [0.1, 0.15) is 21.5 Å². The summed E-state index contributed by atoms with van der Waals surface area (Å²) in [7, 11) is -3.07. The number of carbonyl (C=O) groups is 1. The molecular formula is C24H27N2O3S+. The summed E-state index contributed by atoms with van der Waals surface area (Å²) in [6.45, 7) is 4.25. The summed E-state index contributed by atoms with van der Waals surface area (Å²) < 4.78 is 22.8. The molecule has 0 bridgehead atoms. The normalized spacial score (nSPS) is 15.4. The van der Waals surface area contributed by atoms with Gasteiger partial charge in [-0.25, -0.2) is 8.42 Å². The number of hydrogen-bond donors (Lipinski definition) is 1. The smallest absolute Gasteiger partial charge is 0.254 e. The third kappa shape index (κ3) is 4.89. The molecule has 1 aliphatic rings. The van der Waals surface area contributed by atoms with Crippen molar-refractivity contribution in [1.29, 1.82) is 0 Å². The molecule has 1 saturated heterocycles. The second-order valence-electron chi connectivity index (χ2n) is 8.12. The zero-order valence-electron chi connectivity index (χ0n) is 17.2. The Morgan fingerprint density at radius 3 is 2.30 bits per heavy atom. The van der Waals surface area contributed by atoms with Crippen molar-refractivity contribution in [2.24, 2.45) is 0 Å². The molecule has 1 aliphatic heterocycles. The molecular weight excluding hydrogens is 396 g/mol. The maximum atomic E-state index is 12.8. The molecule has 1 fully saturated rings. The highest BCUT2D eigenvalue weighted by Crippen LogP contribution is 2.18. The van der Waals surface area contributed by atoms with Gasteiger partial charge in [0, 0.05) is 17.4 Å². The van der Waals surface area contributed by atoms with Gasteiger partial charge in [-0.15, -0.1) is 0 Å². The van der Waals surface area contributed by atoms with Crippen LogP contribution in [-0.4, -0.2) is 51.7 Å². The SMILES string of the molecule is CS(=O)(=O)Cc1ccc(C(=O)N2CC[NH+](Cc3cccc4ccccc34)CC2)cc1. The number of carbonyl (C=O) groups excluding carboxylic acids is 1. The Labute approximate surface area is 177 Å². The second-order valence-corrected chi connectivity index (χ2v) is 10.3. The predicted molar refractivity (Wildman–Crippen MR) is 119 cm³/mol. The quantitative estimate of drug-likeness (QED) is 0.682. The van der Waals surface area contributed by atoms with E-state index in [1.54, 1.807) is 24.3 Å². The van der Waals surface area contributed by atoms with Crippen molar-refractivity contribution < 1.29 is 18.1 Å². The minimum atomic E-state index is -3.07. The van der Waals surface area contributed by atoms with Gasteiger partial charge in [0.2, 0.25) is 0 Å². The second kappa shape index (κ2) is 8.58. The van der Waals surface area contributed by atoms with E-state index in [1.807, 2.05) is 4.90 Å².